The van der Waals surface area contributed by atoms with Crippen LogP contribution in [0.2, 0.25) is 0 Å². The number of furan rings is 1. The molecule has 0 unspecified atom stereocenters. The number of rotatable bonds is 3. The molecule has 25 heavy (non-hydrogen) atoms. The van der Waals surface area contributed by atoms with Crippen LogP contribution in [-0.2, 0) is 9.53 Å². The number of amides is 1. The predicted molar refractivity (Wildman–Crippen MR) is 97.9 cm³/mol. The molecule has 0 saturated carbocycles. The third-order valence-corrected chi connectivity index (χ3v) is 4.69. The molecule has 1 aromatic heterocycles. The Hall–Kier alpha value is -2.37. The van der Waals surface area contributed by atoms with Crippen molar-refractivity contribution in [2.75, 3.05) is 25.0 Å². The van der Waals surface area contributed by atoms with Crippen LogP contribution in [0.4, 0.5) is 5.69 Å². The van der Waals surface area contributed by atoms with Gasteiger partial charge >= 0.3 is 0 Å². The van der Waals surface area contributed by atoms with E-state index in [9.17, 15) is 4.79 Å². The van der Waals surface area contributed by atoms with Gasteiger partial charge in [-0.3, -0.25) is 4.79 Å². The molecule has 1 fully saturated rings. The molecule has 1 aliphatic rings. The molecule has 1 aliphatic heterocycles. The minimum atomic E-state index is 0.0310. The van der Waals surface area contributed by atoms with Gasteiger partial charge in [0.25, 0.3) is 5.91 Å². The van der Waals surface area contributed by atoms with Gasteiger partial charge in [-0.05, 0) is 38.1 Å². The van der Waals surface area contributed by atoms with E-state index in [1.807, 2.05) is 42.5 Å². The van der Waals surface area contributed by atoms with E-state index in [0.717, 1.165) is 40.7 Å². The third-order valence-electron chi connectivity index (χ3n) is 4.69. The number of para-hydroxylation sites is 1. The molecule has 5 heteroatoms. The van der Waals surface area contributed by atoms with Crippen LogP contribution in [0.1, 0.15) is 13.8 Å². The SMILES string of the molecule is C[C@@H]1C[NH+](CC(=O)Nc2ccc3oc4ccccc4c3c2)C[C@@H](C)O1. The molecule has 5 nitrogen and oxygen atoms in total. The Morgan fingerprint density at radius 3 is 2.60 bits per heavy atom. The number of carbonyl (C=O) groups excluding carboxylic acids is 1. The lowest BCUT2D eigenvalue weighted by Crippen LogP contribution is -3.16. The van der Waals surface area contributed by atoms with Gasteiger partial charge in [0.2, 0.25) is 0 Å². The second-order valence-corrected chi connectivity index (χ2v) is 6.95. The van der Waals surface area contributed by atoms with Crippen molar-refractivity contribution in [3.63, 3.8) is 0 Å². The van der Waals surface area contributed by atoms with Crippen LogP contribution >= 0.6 is 0 Å². The van der Waals surface area contributed by atoms with Gasteiger partial charge in [-0.25, -0.2) is 0 Å². The molecule has 1 amide bonds. The first-order valence-corrected chi connectivity index (χ1v) is 8.78. The highest BCUT2D eigenvalue weighted by Crippen LogP contribution is 2.30. The van der Waals surface area contributed by atoms with Gasteiger partial charge < -0.3 is 19.4 Å². The smallest absolute Gasteiger partial charge is 0.279 e. The quantitative estimate of drug-likeness (QED) is 0.769. The minimum absolute atomic E-state index is 0.0310. The highest BCUT2D eigenvalue weighted by Gasteiger charge is 2.27. The fraction of sp³-hybridized carbons (Fsp3) is 0.350. The number of quaternary nitrogens is 1. The molecule has 4 rings (SSSR count). The van der Waals surface area contributed by atoms with Crippen molar-refractivity contribution in [1.82, 2.24) is 0 Å². The number of morpholine rings is 1. The number of carbonyl (C=O) groups is 1. The molecule has 0 bridgehead atoms. The first kappa shape index (κ1) is 16.1. The second-order valence-electron chi connectivity index (χ2n) is 6.95. The molecule has 2 atom stereocenters. The van der Waals surface area contributed by atoms with Crippen LogP contribution in [0.15, 0.2) is 46.9 Å². The number of hydrogen-bond donors (Lipinski definition) is 2. The zero-order valence-electron chi connectivity index (χ0n) is 14.5. The molecular formula is C20H23N2O3+. The van der Waals surface area contributed by atoms with E-state index in [1.165, 1.54) is 4.90 Å². The predicted octanol–water partition coefficient (Wildman–Crippen LogP) is 2.22. The summed E-state index contributed by atoms with van der Waals surface area (Å²) in [6, 6.07) is 13.7. The number of fused-ring (bicyclic) bond motifs is 3. The molecule has 0 aliphatic carbocycles. The largest absolute Gasteiger partial charge is 0.456 e. The van der Waals surface area contributed by atoms with Crippen LogP contribution in [0.5, 0.6) is 0 Å². The minimum Gasteiger partial charge on any atom is -0.456 e. The van der Waals surface area contributed by atoms with Crippen LogP contribution in [0.3, 0.4) is 0 Å². The molecular weight excluding hydrogens is 316 g/mol. The molecule has 2 N–H and O–H groups in total. The van der Waals surface area contributed by atoms with Crippen molar-refractivity contribution in [2.24, 2.45) is 0 Å². The van der Waals surface area contributed by atoms with Crippen LogP contribution in [0, 0.1) is 0 Å². The fourth-order valence-electron chi connectivity index (χ4n) is 3.77. The van der Waals surface area contributed by atoms with Crippen molar-refractivity contribution < 1.29 is 18.8 Å². The first-order chi connectivity index (χ1) is 12.1. The zero-order valence-corrected chi connectivity index (χ0v) is 14.5. The van der Waals surface area contributed by atoms with Crippen LogP contribution in [0.25, 0.3) is 21.9 Å². The summed E-state index contributed by atoms with van der Waals surface area (Å²) < 4.78 is 11.6. The molecule has 3 aromatic rings. The number of benzene rings is 2. The summed E-state index contributed by atoms with van der Waals surface area (Å²) in [5.41, 5.74) is 2.50. The molecule has 0 spiro atoms. The summed E-state index contributed by atoms with van der Waals surface area (Å²) in [5.74, 6) is 0.0310. The summed E-state index contributed by atoms with van der Waals surface area (Å²) in [7, 11) is 0. The van der Waals surface area contributed by atoms with Gasteiger partial charge in [0.15, 0.2) is 6.54 Å². The van der Waals surface area contributed by atoms with Gasteiger partial charge in [0.1, 0.15) is 36.5 Å². The standard InChI is InChI=1S/C20H22N2O3/c1-13-10-22(11-14(2)24-13)12-20(23)21-15-7-8-19-17(9-15)16-5-3-4-6-18(16)25-19/h3-9,13-14H,10-12H2,1-2H3,(H,21,23)/p+1/t13-,14-/m1/s1. The van der Waals surface area contributed by atoms with Crippen LogP contribution in [-0.4, -0.2) is 37.7 Å². The third kappa shape index (κ3) is 3.38. The lowest BCUT2D eigenvalue weighted by Gasteiger charge is -2.31. The van der Waals surface area contributed by atoms with Crippen molar-refractivity contribution in [1.29, 1.82) is 0 Å². The van der Waals surface area contributed by atoms with Crippen molar-refractivity contribution in [2.45, 2.75) is 26.1 Å². The van der Waals surface area contributed by atoms with E-state index in [0.29, 0.717) is 6.54 Å². The lowest BCUT2D eigenvalue weighted by molar-refractivity contribution is -0.907. The summed E-state index contributed by atoms with van der Waals surface area (Å²) in [5, 5.41) is 5.11. The van der Waals surface area contributed by atoms with E-state index in [2.05, 4.69) is 19.2 Å². The number of nitrogens with one attached hydrogen (secondary N) is 2. The number of anilines is 1. The topological polar surface area (TPSA) is 55.9 Å². The van der Waals surface area contributed by atoms with Crippen molar-refractivity contribution >= 4 is 33.5 Å². The summed E-state index contributed by atoms with van der Waals surface area (Å²) in [6.45, 7) is 6.31. The average Bonchev–Trinajstić information content (AvgIpc) is 2.92. The van der Waals surface area contributed by atoms with E-state index in [1.54, 1.807) is 0 Å². The molecule has 130 valence electrons. The maximum Gasteiger partial charge on any atom is 0.279 e. The van der Waals surface area contributed by atoms with E-state index < -0.39 is 0 Å². The Bertz CT molecular complexity index is 908. The normalized spacial score (nSPS) is 23.8. The van der Waals surface area contributed by atoms with E-state index in [4.69, 9.17) is 9.15 Å². The first-order valence-electron chi connectivity index (χ1n) is 8.78. The van der Waals surface area contributed by atoms with Gasteiger partial charge in [-0.1, -0.05) is 18.2 Å². The number of ether oxygens (including phenoxy) is 1. The maximum atomic E-state index is 12.4. The lowest BCUT2D eigenvalue weighted by atomic mass is 10.1. The Morgan fingerprint density at radius 1 is 1.08 bits per heavy atom. The van der Waals surface area contributed by atoms with Crippen molar-refractivity contribution in [3.05, 3.63) is 42.5 Å². The Labute approximate surface area is 146 Å². The number of hydrogen-bond acceptors (Lipinski definition) is 3. The Balaban J connectivity index is 1.50. The highest BCUT2D eigenvalue weighted by molar-refractivity contribution is 6.06. The van der Waals surface area contributed by atoms with Crippen LogP contribution < -0.4 is 10.2 Å². The van der Waals surface area contributed by atoms with E-state index >= 15 is 0 Å². The summed E-state index contributed by atoms with van der Waals surface area (Å²) >= 11 is 0. The van der Waals surface area contributed by atoms with Gasteiger partial charge in [-0.2, -0.15) is 0 Å². The zero-order chi connectivity index (χ0) is 17.4. The molecule has 0 radical (unpaired) electrons. The van der Waals surface area contributed by atoms with Gasteiger partial charge in [-0.15, -0.1) is 0 Å². The summed E-state index contributed by atoms with van der Waals surface area (Å²) in [4.78, 5) is 13.7. The summed E-state index contributed by atoms with van der Waals surface area (Å²) in [6.07, 6.45) is 0.389. The monoisotopic (exact) mass is 339 g/mol. The maximum absolute atomic E-state index is 12.4. The average molecular weight is 339 g/mol. The second kappa shape index (κ2) is 6.50. The molecule has 2 heterocycles. The van der Waals surface area contributed by atoms with Gasteiger partial charge in [0, 0.05) is 16.5 Å². The Morgan fingerprint density at radius 2 is 1.80 bits per heavy atom. The molecule has 1 saturated heterocycles. The van der Waals surface area contributed by atoms with Gasteiger partial charge in [0.05, 0.1) is 0 Å². The fourth-order valence-corrected chi connectivity index (χ4v) is 3.77. The van der Waals surface area contributed by atoms with E-state index in [-0.39, 0.29) is 18.1 Å². The highest BCUT2D eigenvalue weighted by atomic mass is 16.5. The van der Waals surface area contributed by atoms with Crippen molar-refractivity contribution in [3.8, 4) is 0 Å². The molecule has 2 aromatic carbocycles. The Kier molecular flexibility index (Phi) is 4.19.